The van der Waals surface area contributed by atoms with Gasteiger partial charge in [0.2, 0.25) is 10.0 Å². The maximum atomic E-state index is 11.8. The lowest BCUT2D eigenvalue weighted by Gasteiger charge is -2.23. The van der Waals surface area contributed by atoms with E-state index in [0.29, 0.717) is 19.6 Å². The van der Waals surface area contributed by atoms with Crippen LogP contribution in [0, 0.1) is 0 Å². The molecule has 1 saturated heterocycles. The van der Waals surface area contributed by atoms with Gasteiger partial charge in [-0.2, -0.15) is 4.31 Å². The molecular formula is C16H26N4O2S. The molecule has 1 aliphatic rings. The SMILES string of the molecule is CCNC(=NCc1ccccc1)NC[C@H]1CCCN1S(C)(=O)=O. The summed E-state index contributed by atoms with van der Waals surface area (Å²) in [5, 5.41) is 6.47. The number of aliphatic imine (C=N–C) groups is 1. The molecule has 2 rings (SSSR count). The molecule has 0 aromatic heterocycles. The van der Waals surface area contributed by atoms with Gasteiger partial charge in [-0.3, -0.25) is 0 Å². The van der Waals surface area contributed by atoms with Crippen molar-refractivity contribution >= 4 is 16.0 Å². The molecule has 2 N–H and O–H groups in total. The molecule has 1 aromatic rings. The quantitative estimate of drug-likeness (QED) is 0.603. The Bertz CT molecular complexity index is 616. The van der Waals surface area contributed by atoms with E-state index in [2.05, 4.69) is 15.6 Å². The van der Waals surface area contributed by atoms with Crippen molar-refractivity contribution < 1.29 is 8.42 Å². The van der Waals surface area contributed by atoms with Gasteiger partial charge in [-0.25, -0.2) is 13.4 Å². The number of benzene rings is 1. The van der Waals surface area contributed by atoms with Crippen LogP contribution in [0.5, 0.6) is 0 Å². The second kappa shape index (κ2) is 8.31. The highest BCUT2D eigenvalue weighted by Gasteiger charge is 2.31. The number of nitrogens with zero attached hydrogens (tertiary/aromatic N) is 2. The summed E-state index contributed by atoms with van der Waals surface area (Å²) in [7, 11) is -3.13. The van der Waals surface area contributed by atoms with Crippen molar-refractivity contribution in [1.82, 2.24) is 14.9 Å². The minimum atomic E-state index is -3.13. The number of hydrogen-bond donors (Lipinski definition) is 2. The fraction of sp³-hybridized carbons (Fsp3) is 0.562. The van der Waals surface area contributed by atoms with Crippen LogP contribution in [0.4, 0.5) is 0 Å². The van der Waals surface area contributed by atoms with Gasteiger partial charge in [-0.05, 0) is 25.3 Å². The van der Waals surface area contributed by atoms with E-state index in [0.717, 1.165) is 30.9 Å². The first-order valence-electron chi connectivity index (χ1n) is 8.03. The lowest BCUT2D eigenvalue weighted by atomic mass is 10.2. The average Bonchev–Trinajstić information content (AvgIpc) is 3.00. The Hall–Kier alpha value is -1.60. The van der Waals surface area contributed by atoms with Crippen LogP contribution in [-0.4, -0.2) is 50.6 Å². The monoisotopic (exact) mass is 338 g/mol. The Balaban J connectivity index is 1.94. The summed E-state index contributed by atoms with van der Waals surface area (Å²) in [6.45, 7) is 4.56. The van der Waals surface area contributed by atoms with Gasteiger partial charge in [0.05, 0.1) is 12.8 Å². The summed E-state index contributed by atoms with van der Waals surface area (Å²) in [5.41, 5.74) is 1.14. The van der Waals surface area contributed by atoms with Crippen LogP contribution < -0.4 is 10.6 Å². The van der Waals surface area contributed by atoms with Gasteiger partial charge in [-0.1, -0.05) is 30.3 Å². The predicted molar refractivity (Wildman–Crippen MR) is 93.8 cm³/mol. The molecule has 1 heterocycles. The van der Waals surface area contributed by atoms with Gasteiger partial charge >= 0.3 is 0 Å². The fourth-order valence-electron chi connectivity index (χ4n) is 2.76. The second-order valence-electron chi connectivity index (χ2n) is 5.73. The van der Waals surface area contributed by atoms with E-state index in [4.69, 9.17) is 0 Å². The Kier molecular flexibility index (Phi) is 6.41. The van der Waals surface area contributed by atoms with Gasteiger partial charge in [0.15, 0.2) is 5.96 Å². The lowest BCUT2D eigenvalue weighted by Crippen LogP contribution is -2.46. The number of hydrogen-bond acceptors (Lipinski definition) is 3. The third kappa shape index (κ3) is 5.51. The van der Waals surface area contributed by atoms with Gasteiger partial charge in [0, 0.05) is 25.7 Å². The summed E-state index contributed by atoms with van der Waals surface area (Å²) in [6, 6.07) is 10.0. The number of rotatable bonds is 6. The molecule has 0 bridgehead atoms. The standard InChI is InChI=1S/C16H26N4O2S/c1-3-17-16(18-12-14-8-5-4-6-9-14)19-13-15-10-7-11-20(15)23(2,21)22/h4-6,8-9,15H,3,7,10-13H2,1-2H3,(H2,17,18,19)/t15-/m1/s1. The van der Waals surface area contributed by atoms with E-state index in [9.17, 15) is 8.42 Å². The number of nitrogens with one attached hydrogen (secondary N) is 2. The first kappa shape index (κ1) is 17.7. The molecule has 6 nitrogen and oxygen atoms in total. The minimum Gasteiger partial charge on any atom is -0.357 e. The number of sulfonamides is 1. The van der Waals surface area contributed by atoms with Crippen LogP contribution in [0.25, 0.3) is 0 Å². The molecule has 1 aliphatic heterocycles. The highest BCUT2D eigenvalue weighted by atomic mass is 32.2. The summed E-state index contributed by atoms with van der Waals surface area (Å²) in [4.78, 5) is 4.56. The van der Waals surface area contributed by atoms with Crippen molar-refractivity contribution in [3.63, 3.8) is 0 Å². The largest absolute Gasteiger partial charge is 0.357 e. The Morgan fingerprint density at radius 3 is 2.70 bits per heavy atom. The lowest BCUT2D eigenvalue weighted by molar-refractivity contribution is 0.387. The van der Waals surface area contributed by atoms with Gasteiger partial charge in [0.1, 0.15) is 0 Å². The summed E-state index contributed by atoms with van der Waals surface area (Å²) in [6.07, 6.45) is 3.08. The van der Waals surface area contributed by atoms with Crippen molar-refractivity contribution in [1.29, 1.82) is 0 Å². The predicted octanol–water partition coefficient (Wildman–Crippen LogP) is 1.17. The van der Waals surface area contributed by atoms with E-state index in [1.807, 2.05) is 37.3 Å². The van der Waals surface area contributed by atoms with Crippen LogP contribution in [0.15, 0.2) is 35.3 Å². The van der Waals surface area contributed by atoms with Crippen LogP contribution in [0.1, 0.15) is 25.3 Å². The zero-order chi connectivity index (χ0) is 16.7. The van der Waals surface area contributed by atoms with Crippen molar-refractivity contribution in [3.8, 4) is 0 Å². The molecule has 0 aliphatic carbocycles. The zero-order valence-corrected chi connectivity index (χ0v) is 14.6. The van der Waals surface area contributed by atoms with Crippen LogP contribution >= 0.6 is 0 Å². The van der Waals surface area contributed by atoms with Crippen LogP contribution in [-0.2, 0) is 16.6 Å². The van der Waals surface area contributed by atoms with E-state index < -0.39 is 10.0 Å². The van der Waals surface area contributed by atoms with Gasteiger partial charge in [0.25, 0.3) is 0 Å². The van der Waals surface area contributed by atoms with Gasteiger partial charge in [-0.15, -0.1) is 0 Å². The Morgan fingerprint density at radius 1 is 1.30 bits per heavy atom. The van der Waals surface area contributed by atoms with E-state index in [1.54, 1.807) is 4.31 Å². The second-order valence-corrected chi connectivity index (χ2v) is 7.67. The van der Waals surface area contributed by atoms with Gasteiger partial charge < -0.3 is 10.6 Å². The highest BCUT2D eigenvalue weighted by Crippen LogP contribution is 2.19. The molecule has 1 atom stereocenters. The van der Waals surface area contributed by atoms with Crippen molar-refractivity contribution in [2.24, 2.45) is 4.99 Å². The molecule has 128 valence electrons. The molecule has 23 heavy (non-hydrogen) atoms. The Labute approximate surface area is 139 Å². The first-order chi connectivity index (χ1) is 11.0. The minimum absolute atomic E-state index is 0.00517. The Morgan fingerprint density at radius 2 is 2.04 bits per heavy atom. The maximum absolute atomic E-state index is 11.8. The van der Waals surface area contributed by atoms with E-state index >= 15 is 0 Å². The molecule has 0 spiro atoms. The summed E-state index contributed by atoms with van der Waals surface area (Å²) < 4.78 is 25.1. The molecular weight excluding hydrogens is 312 g/mol. The van der Waals surface area contributed by atoms with E-state index in [-0.39, 0.29) is 6.04 Å². The summed E-state index contributed by atoms with van der Waals surface area (Å²) >= 11 is 0. The zero-order valence-electron chi connectivity index (χ0n) is 13.8. The van der Waals surface area contributed by atoms with Crippen LogP contribution in [0.2, 0.25) is 0 Å². The average molecular weight is 338 g/mol. The van der Waals surface area contributed by atoms with Crippen molar-refractivity contribution in [2.75, 3.05) is 25.9 Å². The van der Waals surface area contributed by atoms with Crippen molar-refractivity contribution in [2.45, 2.75) is 32.4 Å². The molecule has 0 saturated carbocycles. The first-order valence-corrected chi connectivity index (χ1v) is 9.88. The third-order valence-electron chi connectivity index (χ3n) is 3.86. The molecule has 7 heteroatoms. The van der Waals surface area contributed by atoms with Crippen molar-refractivity contribution in [3.05, 3.63) is 35.9 Å². The smallest absolute Gasteiger partial charge is 0.211 e. The molecule has 0 amide bonds. The van der Waals surface area contributed by atoms with Crippen LogP contribution in [0.3, 0.4) is 0 Å². The molecule has 0 unspecified atom stereocenters. The molecule has 1 aromatic carbocycles. The molecule has 1 fully saturated rings. The molecule has 0 radical (unpaired) electrons. The fourth-order valence-corrected chi connectivity index (χ4v) is 3.94. The maximum Gasteiger partial charge on any atom is 0.211 e. The highest BCUT2D eigenvalue weighted by molar-refractivity contribution is 7.88. The summed E-state index contributed by atoms with van der Waals surface area (Å²) in [5.74, 6) is 0.719. The third-order valence-corrected chi connectivity index (χ3v) is 5.19. The normalized spacial score (nSPS) is 19.7. The number of guanidine groups is 1. The van der Waals surface area contributed by atoms with E-state index in [1.165, 1.54) is 6.26 Å². The topological polar surface area (TPSA) is 73.8 Å².